The third-order valence-corrected chi connectivity index (χ3v) is 3.90. The maximum Gasteiger partial charge on any atom is 0.218 e. The molecule has 2 rings (SSSR count). The highest BCUT2D eigenvalue weighted by Gasteiger charge is 2.25. The Morgan fingerprint density at radius 2 is 2.00 bits per heavy atom. The Morgan fingerprint density at radius 3 is 2.64 bits per heavy atom. The van der Waals surface area contributed by atoms with Crippen LogP contribution in [-0.2, 0) is 0 Å². The number of guanidine groups is 2. The van der Waals surface area contributed by atoms with Gasteiger partial charge in [-0.3, -0.25) is 0 Å². The fourth-order valence-corrected chi connectivity index (χ4v) is 2.84. The molecule has 0 heterocycles. The van der Waals surface area contributed by atoms with Crippen molar-refractivity contribution in [1.29, 1.82) is 0 Å². The van der Waals surface area contributed by atoms with Crippen molar-refractivity contribution in [3.8, 4) is 5.75 Å². The van der Waals surface area contributed by atoms with Crippen LogP contribution in [-0.4, -0.2) is 24.6 Å². The number of rotatable bonds is 5. The van der Waals surface area contributed by atoms with Gasteiger partial charge in [-0.05, 0) is 43.4 Å². The van der Waals surface area contributed by atoms with Crippen LogP contribution in [0.1, 0.15) is 31.2 Å². The monoisotopic (exact) mass is 303 g/mol. The van der Waals surface area contributed by atoms with Gasteiger partial charge in [-0.1, -0.05) is 25.0 Å². The number of hydrogen-bond acceptors (Lipinski definition) is 2. The summed E-state index contributed by atoms with van der Waals surface area (Å²) in [6, 6.07) is 7.95. The lowest BCUT2D eigenvalue weighted by Gasteiger charge is -2.20. The van der Waals surface area contributed by atoms with Gasteiger partial charge < -0.3 is 21.9 Å². The lowest BCUT2D eigenvalue weighted by Crippen LogP contribution is -2.30. The van der Waals surface area contributed by atoms with Gasteiger partial charge in [-0.25, -0.2) is 4.99 Å². The van der Waals surface area contributed by atoms with Crippen LogP contribution in [0.4, 0.5) is 0 Å². The molecule has 0 radical (unpaired) electrons. The van der Waals surface area contributed by atoms with Crippen LogP contribution < -0.4 is 21.9 Å². The molecular formula is C16H25N5O. The van der Waals surface area contributed by atoms with Crippen molar-refractivity contribution < 1.29 is 4.74 Å². The van der Waals surface area contributed by atoms with Gasteiger partial charge in [0, 0.05) is 0 Å². The molecule has 1 atom stereocenters. The Balaban J connectivity index is 2.06. The van der Waals surface area contributed by atoms with E-state index in [1.165, 1.54) is 18.4 Å². The molecule has 6 nitrogen and oxygen atoms in total. The maximum absolute atomic E-state index is 5.89. The van der Waals surface area contributed by atoms with Gasteiger partial charge >= 0.3 is 0 Å². The second-order valence-electron chi connectivity index (χ2n) is 5.76. The van der Waals surface area contributed by atoms with E-state index in [-0.39, 0.29) is 18.0 Å². The fraction of sp³-hybridized carbons (Fsp3) is 0.500. The summed E-state index contributed by atoms with van der Waals surface area (Å²) >= 11 is 0. The molecule has 6 N–H and O–H groups in total. The van der Waals surface area contributed by atoms with Gasteiger partial charge in [-0.15, -0.1) is 0 Å². The molecule has 0 aliphatic heterocycles. The van der Waals surface area contributed by atoms with Gasteiger partial charge in [0.15, 0.2) is 5.96 Å². The maximum atomic E-state index is 5.89. The second kappa shape index (κ2) is 7.68. The van der Waals surface area contributed by atoms with Crippen LogP contribution >= 0.6 is 0 Å². The van der Waals surface area contributed by atoms with E-state index < -0.39 is 0 Å². The average molecular weight is 303 g/mol. The predicted octanol–water partition coefficient (Wildman–Crippen LogP) is 1.52. The molecule has 1 aromatic carbocycles. The van der Waals surface area contributed by atoms with Crippen LogP contribution in [0, 0.1) is 12.8 Å². The van der Waals surface area contributed by atoms with Crippen LogP contribution in [0.5, 0.6) is 5.75 Å². The number of aryl methyl sites for hydroxylation is 1. The normalized spacial score (nSPS) is 17.2. The predicted molar refractivity (Wildman–Crippen MR) is 89.9 cm³/mol. The van der Waals surface area contributed by atoms with Crippen molar-refractivity contribution >= 4 is 11.9 Å². The molecule has 120 valence electrons. The first-order valence-electron chi connectivity index (χ1n) is 7.67. The summed E-state index contributed by atoms with van der Waals surface area (Å²) < 4.78 is 5.89. The third-order valence-electron chi connectivity index (χ3n) is 3.90. The number of ether oxygens (including phenoxy) is 1. The van der Waals surface area contributed by atoms with Crippen molar-refractivity contribution in [3.05, 3.63) is 29.8 Å². The standard InChI is InChI=1S/C16H25N5O/c1-11-5-4-8-13(9-11)22-10-14(12-6-2-3-7-12)20-16(19)21-15(17)18/h4-5,8-9,12,14H,2-3,6-7,10H2,1H3,(H6,17,18,19,20,21). The average Bonchev–Trinajstić information content (AvgIpc) is 2.96. The molecule has 22 heavy (non-hydrogen) atoms. The molecule has 0 saturated heterocycles. The van der Waals surface area contributed by atoms with E-state index in [0.717, 1.165) is 18.6 Å². The summed E-state index contributed by atoms with van der Waals surface area (Å²) in [5.74, 6) is 1.35. The minimum atomic E-state index is -0.0778. The van der Waals surface area contributed by atoms with E-state index in [0.29, 0.717) is 12.5 Å². The summed E-state index contributed by atoms with van der Waals surface area (Å²) in [6.45, 7) is 2.52. The van der Waals surface area contributed by atoms with E-state index in [2.05, 4.69) is 9.98 Å². The molecule has 1 aromatic rings. The molecule has 6 heteroatoms. The Hall–Kier alpha value is -2.24. The molecule has 0 aromatic heterocycles. The summed E-state index contributed by atoms with van der Waals surface area (Å²) in [5, 5.41) is 0. The number of benzene rings is 1. The Bertz CT molecular complexity index is 545. The smallest absolute Gasteiger partial charge is 0.218 e. The lowest BCUT2D eigenvalue weighted by atomic mass is 9.99. The lowest BCUT2D eigenvalue weighted by molar-refractivity contribution is 0.248. The summed E-state index contributed by atoms with van der Waals surface area (Å²) in [4.78, 5) is 8.26. The third kappa shape index (κ3) is 4.95. The molecule has 1 unspecified atom stereocenters. The largest absolute Gasteiger partial charge is 0.491 e. The first-order valence-corrected chi connectivity index (χ1v) is 7.67. The molecule has 0 bridgehead atoms. The van der Waals surface area contributed by atoms with Gasteiger partial charge in [0.25, 0.3) is 0 Å². The van der Waals surface area contributed by atoms with Crippen molar-refractivity contribution in [1.82, 2.24) is 0 Å². The van der Waals surface area contributed by atoms with E-state index in [1.807, 2.05) is 31.2 Å². The number of nitrogens with two attached hydrogens (primary N) is 3. The minimum Gasteiger partial charge on any atom is -0.491 e. The van der Waals surface area contributed by atoms with Crippen LogP contribution in [0.15, 0.2) is 34.3 Å². The first kappa shape index (κ1) is 16.1. The Kier molecular flexibility index (Phi) is 5.63. The molecule has 1 aliphatic carbocycles. The zero-order valence-electron chi connectivity index (χ0n) is 13.0. The first-order chi connectivity index (χ1) is 10.5. The summed E-state index contributed by atoms with van der Waals surface area (Å²) in [6.07, 6.45) is 4.73. The highest BCUT2D eigenvalue weighted by molar-refractivity contribution is 5.92. The van der Waals surface area contributed by atoms with E-state index >= 15 is 0 Å². The summed E-state index contributed by atoms with van der Waals surface area (Å²) in [7, 11) is 0. The van der Waals surface area contributed by atoms with E-state index in [1.54, 1.807) is 0 Å². The quantitative estimate of drug-likeness (QED) is 0.565. The fourth-order valence-electron chi connectivity index (χ4n) is 2.84. The van der Waals surface area contributed by atoms with Crippen molar-refractivity contribution in [2.24, 2.45) is 33.1 Å². The molecule has 1 aliphatic rings. The Labute approximate surface area is 131 Å². The SMILES string of the molecule is Cc1cccc(OCC(N=C(N)N=C(N)N)C2CCCC2)c1. The Morgan fingerprint density at radius 1 is 1.27 bits per heavy atom. The number of aliphatic imine (C=N–C) groups is 2. The topological polar surface area (TPSA) is 112 Å². The van der Waals surface area contributed by atoms with Crippen molar-refractivity contribution in [3.63, 3.8) is 0 Å². The van der Waals surface area contributed by atoms with Crippen molar-refractivity contribution in [2.45, 2.75) is 38.6 Å². The molecule has 1 saturated carbocycles. The highest BCUT2D eigenvalue weighted by atomic mass is 16.5. The molecule has 0 spiro atoms. The van der Waals surface area contributed by atoms with Crippen LogP contribution in [0.2, 0.25) is 0 Å². The van der Waals surface area contributed by atoms with Crippen LogP contribution in [0.3, 0.4) is 0 Å². The highest BCUT2D eigenvalue weighted by Crippen LogP contribution is 2.30. The zero-order valence-corrected chi connectivity index (χ0v) is 13.0. The van der Waals surface area contributed by atoms with Gasteiger partial charge in [0.05, 0.1) is 6.04 Å². The second-order valence-corrected chi connectivity index (χ2v) is 5.76. The van der Waals surface area contributed by atoms with Crippen molar-refractivity contribution in [2.75, 3.05) is 6.61 Å². The zero-order chi connectivity index (χ0) is 15.9. The van der Waals surface area contributed by atoms with Gasteiger partial charge in [0.2, 0.25) is 5.96 Å². The minimum absolute atomic E-state index is 0.0221. The van der Waals surface area contributed by atoms with E-state index in [9.17, 15) is 0 Å². The van der Waals surface area contributed by atoms with E-state index in [4.69, 9.17) is 21.9 Å². The molecule has 1 fully saturated rings. The van der Waals surface area contributed by atoms with Crippen LogP contribution in [0.25, 0.3) is 0 Å². The number of hydrogen-bond donors (Lipinski definition) is 3. The molecule has 0 amide bonds. The van der Waals surface area contributed by atoms with Gasteiger partial charge in [0.1, 0.15) is 12.4 Å². The molecular weight excluding hydrogens is 278 g/mol. The summed E-state index contributed by atoms with van der Waals surface area (Å²) in [5.41, 5.74) is 17.6. The number of nitrogens with zero attached hydrogens (tertiary/aromatic N) is 2. The van der Waals surface area contributed by atoms with Gasteiger partial charge in [-0.2, -0.15) is 4.99 Å².